The van der Waals surface area contributed by atoms with E-state index in [4.69, 9.17) is 11.6 Å². The zero-order valence-electron chi connectivity index (χ0n) is 13.5. The van der Waals surface area contributed by atoms with Crippen molar-refractivity contribution >= 4 is 34.3 Å². The molecule has 6 heteroatoms. The second-order valence-corrected chi connectivity index (χ2v) is 6.10. The second kappa shape index (κ2) is 7.85. The molecule has 2 amide bonds. The SMILES string of the molecule is O=C(CCCc1c[nH]c2ccccc12)NNC(=O)c1ccccc1Cl. The van der Waals surface area contributed by atoms with Crippen LogP contribution in [0.25, 0.3) is 10.9 Å². The standard InChI is InChI=1S/C19H18ClN3O2/c20-16-9-3-1-8-15(16)19(25)23-22-18(24)11-5-6-13-12-21-17-10-4-2-7-14(13)17/h1-4,7-10,12,21H,5-6,11H2,(H,22,24)(H,23,25). The number of halogens is 1. The lowest BCUT2D eigenvalue weighted by Gasteiger charge is -2.08. The molecule has 0 aliphatic carbocycles. The number of hydrogen-bond acceptors (Lipinski definition) is 2. The Morgan fingerprint density at radius 1 is 1.00 bits per heavy atom. The van der Waals surface area contributed by atoms with Crippen molar-refractivity contribution in [1.29, 1.82) is 0 Å². The van der Waals surface area contributed by atoms with E-state index in [-0.39, 0.29) is 5.91 Å². The van der Waals surface area contributed by atoms with Gasteiger partial charge in [0.15, 0.2) is 0 Å². The van der Waals surface area contributed by atoms with Gasteiger partial charge in [-0.05, 0) is 36.6 Å². The van der Waals surface area contributed by atoms with Crippen molar-refractivity contribution in [2.24, 2.45) is 0 Å². The number of benzene rings is 2. The van der Waals surface area contributed by atoms with Gasteiger partial charge in [0.25, 0.3) is 5.91 Å². The maximum absolute atomic E-state index is 12.0. The Morgan fingerprint density at radius 2 is 1.76 bits per heavy atom. The number of carbonyl (C=O) groups excluding carboxylic acids is 2. The summed E-state index contributed by atoms with van der Waals surface area (Å²) in [5.74, 6) is -0.671. The lowest BCUT2D eigenvalue weighted by molar-refractivity contribution is -0.121. The monoisotopic (exact) mass is 355 g/mol. The van der Waals surface area contributed by atoms with Gasteiger partial charge in [0.2, 0.25) is 5.91 Å². The molecule has 1 heterocycles. The average Bonchev–Trinajstić information content (AvgIpc) is 3.03. The van der Waals surface area contributed by atoms with Crippen LogP contribution in [0.4, 0.5) is 0 Å². The second-order valence-electron chi connectivity index (χ2n) is 5.70. The molecule has 0 unspecified atom stereocenters. The molecule has 0 radical (unpaired) electrons. The van der Waals surface area contributed by atoms with Crippen molar-refractivity contribution < 1.29 is 9.59 Å². The first kappa shape index (κ1) is 17.0. The third-order valence-electron chi connectivity index (χ3n) is 3.96. The van der Waals surface area contributed by atoms with E-state index in [0.29, 0.717) is 23.4 Å². The Balaban J connectivity index is 1.45. The van der Waals surface area contributed by atoms with Crippen LogP contribution in [0.15, 0.2) is 54.7 Å². The maximum Gasteiger partial charge on any atom is 0.271 e. The Kier molecular flexibility index (Phi) is 5.36. The molecular weight excluding hydrogens is 338 g/mol. The molecule has 0 atom stereocenters. The van der Waals surface area contributed by atoms with Crippen molar-refractivity contribution in [3.8, 4) is 0 Å². The molecule has 2 aromatic carbocycles. The van der Waals surface area contributed by atoms with Crippen LogP contribution >= 0.6 is 11.6 Å². The number of rotatable bonds is 5. The van der Waals surface area contributed by atoms with Gasteiger partial charge >= 0.3 is 0 Å². The molecule has 0 bridgehead atoms. The van der Waals surface area contributed by atoms with Crippen LogP contribution in [0, 0.1) is 0 Å². The van der Waals surface area contributed by atoms with Gasteiger partial charge in [-0.25, -0.2) is 0 Å². The summed E-state index contributed by atoms with van der Waals surface area (Å²) >= 11 is 5.95. The molecule has 3 N–H and O–H groups in total. The minimum atomic E-state index is -0.435. The van der Waals surface area contributed by atoms with E-state index in [1.54, 1.807) is 24.3 Å². The molecule has 0 fully saturated rings. The average molecular weight is 356 g/mol. The summed E-state index contributed by atoms with van der Waals surface area (Å²) in [5, 5.41) is 1.52. The summed E-state index contributed by atoms with van der Waals surface area (Å²) in [6.07, 6.45) is 3.77. The predicted molar refractivity (Wildman–Crippen MR) is 98.3 cm³/mol. The summed E-state index contributed by atoms with van der Waals surface area (Å²) < 4.78 is 0. The maximum atomic E-state index is 12.0. The molecule has 0 spiro atoms. The first-order valence-electron chi connectivity index (χ1n) is 8.04. The zero-order valence-corrected chi connectivity index (χ0v) is 14.3. The molecule has 0 saturated carbocycles. The summed E-state index contributed by atoms with van der Waals surface area (Å²) in [7, 11) is 0. The highest BCUT2D eigenvalue weighted by molar-refractivity contribution is 6.33. The smallest absolute Gasteiger partial charge is 0.271 e. The summed E-state index contributed by atoms with van der Waals surface area (Å²) in [6, 6.07) is 14.7. The van der Waals surface area contributed by atoms with Crippen molar-refractivity contribution in [3.63, 3.8) is 0 Å². The topological polar surface area (TPSA) is 74.0 Å². The van der Waals surface area contributed by atoms with Gasteiger partial charge in [-0.1, -0.05) is 41.9 Å². The number of aromatic nitrogens is 1. The van der Waals surface area contributed by atoms with E-state index < -0.39 is 5.91 Å². The van der Waals surface area contributed by atoms with Crippen LogP contribution in [0.5, 0.6) is 0 Å². The number of hydrazine groups is 1. The highest BCUT2D eigenvalue weighted by atomic mass is 35.5. The van der Waals surface area contributed by atoms with Gasteiger partial charge in [0.05, 0.1) is 10.6 Å². The molecule has 0 saturated heterocycles. The number of nitrogens with one attached hydrogen (secondary N) is 3. The molecule has 5 nitrogen and oxygen atoms in total. The fourth-order valence-corrected chi connectivity index (χ4v) is 2.90. The van der Waals surface area contributed by atoms with Crippen LogP contribution in [0.1, 0.15) is 28.8 Å². The minimum absolute atomic E-state index is 0.236. The minimum Gasteiger partial charge on any atom is -0.361 e. The van der Waals surface area contributed by atoms with Crippen LogP contribution in [0.2, 0.25) is 5.02 Å². The summed E-state index contributed by atoms with van der Waals surface area (Å²) in [5.41, 5.74) is 7.40. The fraction of sp³-hybridized carbons (Fsp3) is 0.158. The Hall–Kier alpha value is -2.79. The van der Waals surface area contributed by atoms with Crippen molar-refractivity contribution in [1.82, 2.24) is 15.8 Å². The molecule has 3 rings (SSSR count). The molecule has 3 aromatic rings. The van der Waals surface area contributed by atoms with Crippen LogP contribution < -0.4 is 10.9 Å². The highest BCUT2D eigenvalue weighted by Crippen LogP contribution is 2.19. The number of aryl methyl sites for hydroxylation is 1. The van der Waals surface area contributed by atoms with Gasteiger partial charge in [0.1, 0.15) is 0 Å². The summed E-state index contributed by atoms with van der Waals surface area (Å²) in [6.45, 7) is 0. The van der Waals surface area contributed by atoms with Gasteiger partial charge in [0, 0.05) is 23.5 Å². The van der Waals surface area contributed by atoms with Gasteiger partial charge in [-0.3, -0.25) is 20.4 Å². The van der Waals surface area contributed by atoms with Crippen molar-refractivity contribution in [2.75, 3.05) is 0 Å². The number of carbonyl (C=O) groups is 2. The van der Waals surface area contributed by atoms with E-state index in [1.165, 1.54) is 10.9 Å². The van der Waals surface area contributed by atoms with E-state index in [2.05, 4.69) is 21.9 Å². The number of H-pyrrole nitrogens is 1. The Labute approximate surface area is 150 Å². The third-order valence-corrected chi connectivity index (χ3v) is 4.29. The van der Waals surface area contributed by atoms with Crippen LogP contribution in [0.3, 0.4) is 0 Å². The number of para-hydroxylation sites is 1. The summed E-state index contributed by atoms with van der Waals surface area (Å²) in [4.78, 5) is 27.1. The predicted octanol–water partition coefficient (Wildman–Crippen LogP) is 3.61. The zero-order chi connectivity index (χ0) is 17.6. The lowest BCUT2D eigenvalue weighted by Crippen LogP contribution is -2.41. The quantitative estimate of drug-likeness (QED) is 0.612. The molecular formula is C19H18ClN3O2. The molecule has 0 aliphatic rings. The lowest BCUT2D eigenvalue weighted by atomic mass is 10.1. The Bertz CT molecular complexity index is 904. The van der Waals surface area contributed by atoms with Crippen LogP contribution in [-0.4, -0.2) is 16.8 Å². The first-order chi connectivity index (χ1) is 12.1. The number of fused-ring (bicyclic) bond motifs is 1. The molecule has 1 aromatic heterocycles. The van der Waals surface area contributed by atoms with Gasteiger partial charge in [-0.15, -0.1) is 0 Å². The van der Waals surface area contributed by atoms with E-state index in [9.17, 15) is 9.59 Å². The normalized spacial score (nSPS) is 10.6. The van der Waals surface area contributed by atoms with Crippen LogP contribution in [-0.2, 0) is 11.2 Å². The third kappa shape index (κ3) is 4.19. The van der Waals surface area contributed by atoms with E-state index in [1.807, 2.05) is 24.4 Å². The van der Waals surface area contributed by atoms with E-state index >= 15 is 0 Å². The first-order valence-corrected chi connectivity index (χ1v) is 8.41. The molecule has 128 valence electrons. The Morgan fingerprint density at radius 3 is 2.60 bits per heavy atom. The largest absolute Gasteiger partial charge is 0.361 e. The van der Waals surface area contributed by atoms with Crippen molar-refractivity contribution in [3.05, 3.63) is 70.9 Å². The number of hydrogen-bond donors (Lipinski definition) is 3. The van der Waals surface area contributed by atoms with E-state index in [0.717, 1.165) is 11.9 Å². The fourth-order valence-electron chi connectivity index (χ4n) is 2.68. The van der Waals surface area contributed by atoms with Gasteiger partial charge < -0.3 is 4.98 Å². The number of aromatic amines is 1. The van der Waals surface area contributed by atoms with Gasteiger partial charge in [-0.2, -0.15) is 0 Å². The molecule has 25 heavy (non-hydrogen) atoms. The van der Waals surface area contributed by atoms with Crippen molar-refractivity contribution in [2.45, 2.75) is 19.3 Å². The number of amides is 2. The molecule has 0 aliphatic heterocycles. The highest BCUT2D eigenvalue weighted by Gasteiger charge is 2.10.